The topological polar surface area (TPSA) is 89.5 Å². The Bertz CT molecular complexity index is 864. The molecule has 9 heteroatoms. The Morgan fingerprint density at radius 2 is 1.78 bits per heavy atom. The number of carbonyl (C=O) groups excluding carboxylic acids is 2. The predicted octanol–water partition coefficient (Wildman–Crippen LogP) is 3.92. The summed E-state index contributed by atoms with van der Waals surface area (Å²) in [4.78, 5) is 29.2. The van der Waals surface area contributed by atoms with E-state index in [4.69, 9.17) is 21.7 Å². The zero-order valence-electron chi connectivity index (χ0n) is 15.5. The molecule has 2 aromatic heterocycles. The van der Waals surface area contributed by atoms with Gasteiger partial charge in [0.05, 0.1) is 18.8 Å². The van der Waals surface area contributed by atoms with E-state index in [2.05, 4.69) is 15.6 Å². The van der Waals surface area contributed by atoms with E-state index in [0.29, 0.717) is 21.3 Å². The van der Waals surface area contributed by atoms with Gasteiger partial charge in [0, 0.05) is 5.69 Å². The van der Waals surface area contributed by atoms with Gasteiger partial charge in [-0.15, -0.1) is 11.3 Å². The molecule has 0 aliphatic rings. The number of esters is 2. The van der Waals surface area contributed by atoms with Crippen LogP contribution in [0.2, 0.25) is 0 Å². The van der Waals surface area contributed by atoms with Crippen molar-refractivity contribution in [3.05, 3.63) is 39.9 Å². The standard InChI is InChI=1S/C18H21N3O4S2/c1-5-24-16(22)13-11(4)14(17(23)25-6-2)27-15(13)21-18(26)20-12-9-7-8-10(3)19-12/h7-9H,5-6H2,1-4H3,(H2,19,20,21,26). The van der Waals surface area contributed by atoms with Crippen molar-refractivity contribution in [3.63, 3.8) is 0 Å². The van der Waals surface area contributed by atoms with Crippen LogP contribution in [0.1, 0.15) is 45.1 Å². The summed E-state index contributed by atoms with van der Waals surface area (Å²) in [7, 11) is 0. The third-order valence-electron chi connectivity index (χ3n) is 3.44. The molecule has 2 aromatic rings. The highest BCUT2D eigenvalue weighted by atomic mass is 32.1. The van der Waals surface area contributed by atoms with Gasteiger partial charge in [0.15, 0.2) is 5.11 Å². The number of thiocarbonyl (C=S) groups is 1. The summed E-state index contributed by atoms with van der Waals surface area (Å²) in [6, 6.07) is 5.50. The van der Waals surface area contributed by atoms with Crippen LogP contribution in [0.3, 0.4) is 0 Å². The average Bonchev–Trinajstić information content (AvgIpc) is 2.91. The fourth-order valence-corrected chi connectivity index (χ4v) is 3.67. The second-order valence-electron chi connectivity index (χ2n) is 5.44. The minimum Gasteiger partial charge on any atom is -0.462 e. The second-order valence-corrected chi connectivity index (χ2v) is 6.87. The van der Waals surface area contributed by atoms with Gasteiger partial charge < -0.3 is 20.1 Å². The smallest absolute Gasteiger partial charge is 0.348 e. The van der Waals surface area contributed by atoms with E-state index in [-0.39, 0.29) is 23.9 Å². The van der Waals surface area contributed by atoms with Gasteiger partial charge in [0.25, 0.3) is 0 Å². The molecular formula is C18H21N3O4S2. The van der Waals surface area contributed by atoms with Gasteiger partial charge in [-0.25, -0.2) is 14.6 Å². The Balaban J connectivity index is 2.30. The molecule has 0 aromatic carbocycles. The van der Waals surface area contributed by atoms with E-state index in [1.54, 1.807) is 26.8 Å². The monoisotopic (exact) mass is 407 g/mol. The van der Waals surface area contributed by atoms with Gasteiger partial charge in [-0.05, 0) is 57.6 Å². The minimum atomic E-state index is -0.527. The highest BCUT2D eigenvalue weighted by Gasteiger charge is 2.26. The number of aromatic nitrogens is 1. The third kappa shape index (κ3) is 5.24. The first kappa shape index (κ1) is 20.8. The zero-order chi connectivity index (χ0) is 20.0. The number of nitrogens with one attached hydrogen (secondary N) is 2. The van der Waals surface area contributed by atoms with E-state index in [1.807, 2.05) is 19.1 Å². The van der Waals surface area contributed by atoms with E-state index in [9.17, 15) is 9.59 Å². The Hall–Kier alpha value is -2.52. The van der Waals surface area contributed by atoms with E-state index < -0.39 is 11.9 Å². The summed E-state index contributed by atoms with van der Waals surface area (Å²) >= 11 is 6.41. The molecule has 0 spiro atoms. The summed E-state index contributed by atoms with van der Waals surface area (Å²) in [6.45, 7) is 7.45. The molecular weight excluding hydrogens is 386 g/mol. The number of rotatable bonds is 6. The maximum Gasteiger partial charge on any atom is 0.348 e. The minimum absolute atomic E-state index is 0.220. The molecule has 2 rings (SSSR count). The van der Waals surface area contributed by atoms with Crippen molar-refractivity contribution in [1.29, 1.82) is 0 Å². The van der Waals surface area contributed by atoms with Gasteiger partial charge in [0.1, 0.15) is 15.7 Å². The predicted molar refractivity (Wildman–Crippen MR) is 110 cm³/mol. The Kier molecular flexibility index (Phi) is 7.26. The molecule has 0 aliphatic heterocycles. The summed E-state index contributed by atoms with van der Waals surface area (Å²) in [5.41, 5.74) is 1.61. The molecule has 0 amide bonds. The van der Waals surface area contributed by atoms with E-state index in [0.717, 1.165) is 17.0 Å². The molecule has 2 N–H and O–H groups in total. The van der Waals surface area contributed by atoms with Crippen LogP contribution in [-0.2, 0) is 9.47 Å². The van der Waals surface area contributed by atoms with E-state index in [1.165, 1.54) is 0 Å². The van der Waals surface area contributed by atoms with Crippen molar-refractivity contribution >= 4 is 51.4 Å². The summed E-state index contributed by atoms with van der Waals surface area (Å²) in [6.07, 6.45) is 0. The highest BCUT2D eigenvalue weighted by molar-refractivity contribution is 7.80. The fraction of sp³-hybridized carbons (Fsp3) is 0.333. The van der Waals surface area contributed by atoms with Gasteiger partial charge in [0.2, 0.25) is 0 Å². The summed E-state index contributed by atoms with van der Waals surface area (Å²) < 4.78 is 10.2. The van der Waals surface area contributed by atoms with Gasteiger partial charge in [-0.3, -0.25) is 0 Å². The second kappa shape index (κ2) is 9.43. The first-order valence-electron chi connectivity index (χ1n) is 8.36. The number of anilines is 2. The number of hydrogen-bond acceptors (Lipinski definition) is 7. The maximum absolute atomic E-state index is 12.4. The summed E-state index contributed by atoms with van der Waals surface area (Å²) in [5.74, 6) is -0.442. The van der Waals surface area contributed by atoms with Crippen LogP contribution in [-0.4, -0.2) is 35.2 Å². The van der Waals surface area contributed by atoms with Gasteiger partial charge >= 0.3 is 11.9 Å². The molecule has 27 heavy (non-hydrogen) atoms. The number of ether oxygens (including phenoxy) is 2. The van der Waals surface area contributed by atoms with Crippen molar-refractivity contribution in [1.82, 2.24) is 4.98 Å². The molecule has 0 atom stereocenters. The quantitative estimate of drug-likeness (QED) is 0.550. The van der Waals surface area contributed by atoms with Gasteiger partial charge in [-0.2, -0.15) is 0 Å². The van der Waals surface area contributed by atoms with Crippen molar-refractivity contribution in [2.75, 3.05) is 23.8 Å². The molecule has 0 saturated heterocycles. The average molecular weight is 408 g/mol. The van der Waals surface area contributed by atoms with Crippen molar-refractivity contribution < 1.29 is 19.1 Å². The summed E-state index contributed by atoms with van der Waals surface area (Å²) in [5, 5.41) is 6.59. The number of thiophene rings is 1. The van der Waals surface area contributed by atoms with Crippen LogP contribution in [0.25, 0.3) is 0 Å². The first-order chi connectivity index (χ1) is 12.9. The van der Waals surface area contributed by atoms with Crippen LogP contribution in [0.5, 0.6) is 0 Å². The van der Waals surface area contributed by atoms with Crippen LogP contribution in [0, 0.1) is 13.8 Å². The van der Waals surface area contributed by atoms with Crippen molar-refractivity contribution in [2.45, 2.75) is 27.7 Å². The molecule has 0 bridgehead atoms. The van der Waals surface area contributed by atoms with Crippen molar-refractivity contribution in [3.8, 4) is 0 Å². The zero-order valence-corrected chi connectivity index (χ0v) is 17.2. The normalized spacial score (nSPS) is 10.2. The molecule has 2 heterocycles. The lowest BCUT2D eigenvalue weighted by atomic mass is 10.1. The lowest BCUT2D eigenvalue weighted by Gasteiger charge is -2.10. The van der Waals surface area contributed by atoms with Crippen molar-refractivity contribution in [2.24, 2.45) is 0 Å². The number of pyridine rings is 1. The molecule has 0 unspecified atom stereocenters. The molecule has 144 valence electrons. The third-order valence-corrected chi connectivity index (χ3v) is 4.84. The fourth-order valence-electron chi connectivity index (χ4n) is 2.31. The van der Waals surface area contributed by atoms with E-state index >= 15 is 0 Å². The van der Waals surface area contributed by atoms with Crippen LogP contribution < -0.4 is 10.6 Å². The lowest BCUT2D eigenvalue weighted by Crippen LogP contribution is -2.21. The highest BCUT2D eigenvalue weighted by Crippen LogP contribution is 2.34. The first-order valence-corrected chi connectivity index (χ1v) is 9.59. The number of nitrogens with zero attached hydrogens (tertiary/aromatic N) is 1. The largest absolute Gasteiger partial charge is 0.462 e. The number of hydrogen-bond donors (Lipinski definition) is 2. The molecule has 0 saturated carbocycles. The number of carbonyl (C=O) groups is 2. The van der Waals surface area contributed by atoms with Crippen LogP contribution in [0.15, 0.2) is 18.2 Å². The maximum atomic E-state index is 12.4. The Morgan fingerprint density at radius 1 is 1.11 bits per heavy atom. The molecule has 0 radical (unpaired) electrons. The molecule has 0 aliphatic carbocycles. The Labute approximate surface area is 167 Å². The molecule has 0 fully saturated rings. The Morgan fingerprint density at radius 3 is 2.41 bits per heavy atom. The van der Waals surface area contributed by atoms with Crippen LogP contribution >= 0.6 is 23.6 Å². The number of aryl methyl sites for hydroxylation is 1. The lowest BCUT2D eigenvalue weighted by molar-refractivity contribution is 0.0527. The SMILES string of the molecule is CCOC(=O)c1sc(NC(=S)Nc2cccc(C)n2)c(C(=O)OCC)c1C. The van der Waals surface area contributed by atoms with Gasteiger partial charge in [-0.1, -0.05) is 6.07 Å². The van der Waals surface area contributed by atoms with Crippen LogP contribution in [0.4, 0.5) is 10.8 Å². The molecule has 7 nitrogen and oxygen atoms in total.